The molecule has 0 aromatic heterocycles. The molecule has 3 rings (SSSR count). The highest BCUT2D eigenvalue weighted by Gasteiger charge is 2.22. The van der Waals surface area contributed by atoms with Crippen LogP contribution in [0.15, 0.2) is 77.7 Å². The molecule has 138 valence electrons. The van der Waals surface area contributed by atoms with Gasteiger partial charge in [-0.3, -0.25) is 4.79 Å². The van der Waals surface area contributed by atoms with Crippen molar-refractivity contribution in [1.29, 1.82) is 0 Å². The van der Waals surface area contributed by atoms with Crippen molar-refractivity contribution in [2.45, 2.75) is 18.7 Å². The number of rotatable bonds is 5. The van der Waals surface area contributed by atoms with Gasteiger partial charge in [-0.2, -0.15) is 8.42 Å². The molecule has 0 aliphatic carbocycles. The topological polar surface area (TPSA) is 72.5 Å². The first-order valence-electron chi connectivity index (χ1n) is 8.34. The Morgan fingerprint density at radius 1 is 0.926 bits per heavy atom. The normalized spacial score (nSPS) is 11.0. The van der Waals surface area contributed by atoms with Crippen LogP contribution in [0.1, 0.15) is 12.5 Å². The van der Waals surface area contributed by atoms with Crippen molar-refractivity contribution in [3.05, 3.63) is 78.4 Å². The van der Waals surface area contributed by atoms with E-state index in [9.17, 15) is 13.2 Å². The van der Waals surface area contributed by atoms with Crippen LogP contribution in [-0.4, -0.2) is 14.3 Å². The fraction of sp³-hybridized carbons (Fsp3) is 0.0952. The first-order chi connectivity index (χ1) is 12.9. The molecule has 6 heteroatoms. The summed E-state index contributed by atoms with van der Waals surface area (Å²) in [5, 5.41) is 2.59. The molecule has 1 amide bonds. The van der Waals surface area contributed by atoms with Crippen molar-refractivity contribution >= 4 is 21.7 Å². The number of hydrogen-bond donors (Lipinski definition) is 1. The molecular formula is C21H19NO4S. The molecule has 0 atom stereocenters. The predicted molar refractivity (Wildman–Crippen MR) is 105 cm³/mol. The number of benzene rings is 3. The fourth-order valence-electron chi connectivity index (χ4n) is 2.71. The summed E-state index contributed by atoms with van der Waals surface area (Å²) in [5.41, 5.74) is 2.46. The molecule has 0 aliphatic rings. The van der Waals surface area contributed by atoms with Gasteiger partial charge in [-0.1, -0.05) is 54.6 Å². The lowest BCUT2D eigenvalue weighted by Gasteiger charge is -2.14. The third-order valence-corrected chi connectivity index (χ3v) is 5.33. The van der Waals surface area contributed by atoms with Gasteiger partial charge in [-0.25, -0.2) is 0 Å². The maximum absolute atomic E-state index is 12.9. The first-order valence-corrected chi connectivity index (χ1v) is 9.75. The summed E-state index contributed by atoms with van der Waals surface area (Å²) in [6.07, 6.45) is 0. The molecule has 0 saturated heterocycles. The highest BCUT2D eigenvalue weighted by Crippen LogP contribution is 2.32. The second-order valence-corrected chi connectivity index (χ2v) is 7.58. The van der Waals surface area contributed by atoms with Gasteiger partial charge in [0, 0.05) is 18.2 Å². The van der Waals surface area contributed by atoms with Crippen LogP contribution in [0.4, 0.5) is 5.69 Å². The van der Waals surface area contributed by atoms with Crippen LogP contribution in [0.2, 0.25) is 0 Å². The van der Waals surface area contributed by atoms with Crippen molar-refractivity contribution in [3.63, 3.8) is 0 Å². The largest absolute Gasteiger partial charge is 0.378 e. The minimum atomic E-state index is -4.08. The summed E-state index contributed by atoms with van der Waals surface area (Å²) in [7, 11) is -4.08. The Bertz CT molecular complexity index is 1080. The van der Waals surface area contributed by atoms with Crippen molar-refractivity contribution < 1.29 is 17.4 Å². The molecule has 3 aromatic carbocycles. The number of amides is 1. The molecule has 0 heterocycles. The predicted octanol–water partition coefficient (Wildman–Crippen LogP) is 4.39. The molecular weight excluding hydrogens is 362 g/mol. The van der Waals surface area contributed by atoms with E-state index in [0.717, 1.165) is 5.56 Å². The van der Waals surface area contributed by atoms with Gasteiger partial charge in [0.1, 0.15) is 4.90 Å². The van der Waals surface area contributed by atoms with Crippen molar-refractivity contribution in [1.82, 2.24) is 0 Å². The zero-order valence-corrected chi connectivity index (χ0v) is 15.8. The van der Waals surface area contributed by atoms with Gasteiger partial charge in [0.2, 0.25) is 5.91 Å². The molecule has 0 unspecified atom stereocenters. The Hall–Kier alpha value is -3.12. The molecule has 3 aromatic rings. The van der Waals surface area contributed by atoms with Crippen LogP contribution in [0.3, 0.4) is 0 Å². The summed E-state index contributed by atoms with van der Waals surface area (Å²) in [6, 6.07) is 21.1. The number of aryl methyl sites for hydroxylation is 1. The number of hydrogen-bond acceptors (Lipinski definition) is 4. The Morgan fingerprint density at radius 3 is 2.30 bits per heavy atom. The van der Waals surface area contributed by atoms with E-state index in [-0.39, 0.29) is 16.6 Å². The molecule has 0 aliphatic heterocycles. The zero-order chi connectivity index (χ0) is 19.4. The van der Waals surface area contributed by atoms with Crippen LogP contribution in [-0.2, 0) is 14.9 Å². The Labute approximate surface area is 158 Å². The average molecular weight is 381 g/mol. The van der Waals surface area contributed by atoms with Gasteiger partial charge in [-0.05, 0) is 36.2 Å². The monoisotopic (exact) mass is 381 g/mol. The second-order valence-electron chi connectivity index (χ2n) is 6.06. The van der Waals surface area contributed by atoms with E-state index >= 15 is 0 Å². The maximum atomic E-state index is 12.9. The molecule has 1 N–H and O–H groups in total. The molecule has 0 fully saturated rings. The van der Waals surface area contributed by atoms with E-state index < -0.39 is 10.1 Å². The van der Waals surface area contributed by atoms with Gasteiger partial charge < -0.3 is 9.50 Å². The SMILES string of the molecule is CC(=O)Nc1ccc(C)c(S(=O)(=O)Oc2ccccc2-c2ccccc2)c1. The third-order valence-electron chi connectivity index (χ3n) is 3.95. The molecule has 0 saturated carbocycles. The average Bonchev–Trinajstić information content (AvgIpc) is 2.64. The molecule has 0 bridgehead atoms. The van der Waals surface area contributed by atoms with Crippen LogP contribution >= 0.6 is 0 Å². The van der Waals surface area contributed by atoms with Gasteiger partial charge in [0.15, 0.2) is 5.75 Å². The Morgan fingerprint density at radius 2 is 1.59 bits per heavy atom. The van der Waals surface area contributed by atoms with Gasteiger partial charge in [0.25, 0.3) is 0 Å². The Balaban J connectivity index is 2.00. The number of carbonyl (C=O) groups excluding carboxylic acids is 1. The fourth-order valence-corrected chi connectivity index (χ4v) is 3.91. The third kappa shape index (κ3) is 4.35. The minimum Gasteiger partial charge on any atom is -0.378 e. The first kappa shape index (κ1) is 18.7. The highest BCUT2D eigenvalue weighted by atomic mass is 32.2. The summed E-state index contributed by atoms with van der Waals surface area (Å²) in [5.74, 6) is -0.0365. The van der Waals surface area contributed by atoms with E-state index in [1.165, 1.54) is 13.0 Å². The van der Waals surface area contributed by atoms with Crippen molar-refractivity contribution in [3.8, 4) is 16.9 Å². The van der Waals surface area contributed by atoms with Crippen LogP contribution < -0.4 is 9.50 Å². The van der Waals surface area contributed by atoms with Crippen LogP contribution in [0.5, 0.6) is 5.75 Å². The summed E-state index contributed by atoms with van der Waals surface area (Å²) >= 11 is 0. The van der Waals surface area contributed by atoms with Gasteiger partial charge in [0.05, 0.1) is 0 Å². The number of carbonyl (C=O) groups is 1. The highest BCUT2D eigenvalue weighted by molar-refractivity contribution is 7.87. The Kier molecular flexibility index (Phi) is 5.28. The summed E-state index contributed by atoms with van der Waals surface area (Å²) < 4.78 is 31.3. The summed E-state index contributed by atoms with van der Waals surface area (Å²) in [6.45, 7) is 3.04. The van der Waals surface area contributed by atoms with Crippen LogP contribution in [0.25, 0.3) is 11.1 Å². The lowest BCUT2D eigenvalue weighted by Crippen LogP contribution is -2.13. The van der Waals surface area contributed by atoms with E-state index in [1.807, 2.05) is 36.4 Å². The van der Waals surface area contributed by atoms with Crippen molar-refractivity contribution in [2.24, 2.45) is 0 Å². The molecule has 0 spiro atoms. The van der Waals surface area contributed by atoms with E-state index in [0.29, 0.717) is 16.8 Å². The number of anilines is 1. The van der Waals surface area contributed by atoms with E-state index in [2.05, 4.69) is 5.32 Å². The minimum absolute atomic E-state index is 0.0108. The quantitative estimate of drug-likeness (QED) is 0.666. The molecule has 5 nitrogen and oxygen atoms in total. The van der Waals surface area contributed by atoms with Crippen LogP contribution in [0, 0.1) is 6.92 Å². The van der Waals surface area contributed by atoms with Crippen molar-refractivity contribution in [2.75, 3.05) is 5.32 Å². The lowest BCUT2D eigenvalue weighted by atomic mass is 10.1. The van der Waals surface area contributed by atoms with E-state index in [1.54, 1.807) is 37.3 Å². The number of nitrogens with one attached hydrogen (secondary N) is 1. The lowest BCUT2D eigenvalue weighted by molar-refractivity contribution is -0.114. The van der Waals surface area contributed by atoms with Gasteiger partial charge in [-0.15, -0.1) is 0 Å². The maximum Gasteiger partial charge on any atom is 0.339 e. The zero-order valence-electron chi connectivity index (χ0n) is 15.0. The number of para-hydroxylation sites is 1. The smallest absolute Gasteiger partial charge is 0.339 e. The molecule has 0 radical (unpaired) electrons. The van der Waals surface area contributed by atoms with E-state index in [4.69, 9.17) is 4.18 Å². The molecule has 27 heavy (non-hydrogen) atoms. The second kappa shape index (κ2) is 7.63. The summed E-state index contributed by atoms with van der Waals surface area (Å²) in [4.78, 5) is 11.3. The standard InChI is InChI=1S/C21H19NO4S/c1-15-12-13-18(22-16(2)23)14-21(15)27(24,25)26-20-11-7-6-10-19(20)17-8-4-3-5-9-17/h3-14H,1-2H3,(H,22,23). The van der Waals surface area contributed by atoms with Gasteiger partial charge >= 0.3 is 10.1 Å².